The van der Waals surface area contributed by atoms with Gasteiger partial charge in [0, 0.05) is 24.4 Å². The molecule has 0 fully saturated rings. The first-order chi connectivity index (χ1) is 14.9. The van der Waals surface area contributed by atoms with Crippen molar-refractivity contribution >= 4 is 19.6 Å². The third-order valence-electron chi connectivity index (χ3n) is 4.67. The summed E-state index contributed by atoms with van der Waals surface area (Å²) in [5.41, 5.74) is 1.62. The van der Waals surface area contributed by atoms with Crippen LogP contribution in [0.3, 0.4) is 0 Å². The second-order valence-electron chi connectivity index (χ2n) is 8.13. The first kappa shape index (κ1) is 25.5. The number of carbonyl (C=O) groups is 2. The Morgan fingerprint density at radius 1 is 1.09 bits per heavy atom. The molecule has 1 aromatic heterocycles. The Kier molecular flexibility index (Phi) is 8.95. The lowest BCUT2D eigenvalue weighted by Crippen LogP contribution is -2.50. The fourth-order valence-corrected chi connectivity index (χ4v) is 3.73. The number of phosphoric acid groups is 1. The van der Waals surface area contributed by atoms with E-state index in [-0.39, 0.29) is 24.1 Å². The van der Waals surface area contributed by atoms with Crippen molar-refractivity contribution in [2.45, 2.75) is 52.6 Å². The smallest absolute Gasteiger partial charge is 0.404 e. The lowest BCUT2D eigenvalue weighted by molar-refractivity contribution is -0.123. The Morgan fingerprint density at radius 3 is 2.31 bits per heavy atom. The second kappa shape index (κ2) is 11.2. The van der Waals surface area contributed by atoms with Gasteiger partial charge in [-0.3, -0.25) is 24.4 Å². The number of hydrogen-bond acceptors (Lipinski definition) is 5. The van der Waals surface area contributed by atoms with Crippen molar-refractivity contribution < 1.29 is 28.5 Å². The molecule has 0 aliphatic rings. The van der Waals surface area contributed by atoms with E-state index in [0.717, 1.165) is 6.42 Å². The largest absolute Gasteiger partial charge is 0.524 e. The molecule has 32 heavy (non-hydrogen) atoms. The number of nitrogens with one attached hydrogen (secondary N) is 2. The Balaban J connectivity index is 2.19. The molecule has 9 nitrogen and oxygen atoms in total. The Morgan fingerprint density at radius 2 is 1.75 bits per heavy atom. The van der Waals surface area contributed by atoms with Gasteiger partial charge in [-0.25, -0.2) is 4.57 Å². The van der Waals surface area contributed by atoms with Crippen molar-refractivity contribution in [3.8, 4) is 5.75 Å². The normalized spacial score (nSPS) is 13.3. The third kappa shape index (κ3) is 8.42. The molecule has 0 saturated carbocycles. The second-order valence-corrected chi connectivity index (χ2v) is 9.30. The molecule has 0 spiro atoms. The van der Waals surface area contributed by atoms with Crippen LogP contribution in [0.15, 0.2) is 42.6 Å². The first-order valence-corrected chi connectivity index (χ1v) is 11.8. The van der Waals surface area contributed by atoms with Crippen molar-refractivity contribution in [2.24, 2.45) is 5.92 Å². The number of pyridine rings is 1. The minimum atomic E-state index is -4.66. The summed E-state index contributed by atoms with van der Waals surface area (Å²) >= 11 is 0. The summed E-state index contributed by atoms with van der Waals surface area (Å²) in [6, 6.07) is 8.35. The van der Waals surface area contributed by atoms with Crippen LogP contribution in [0.1, 0.15) is 48.8 Å². The molecule has 0 saturated heterocycles. The summed E-state index contributed by atoms with van der Waals surface area (Å²) in [6.07, 6.45) is 2.56. The fraction of sp³-hybridized carbons (Fsp3) is 0.409. The van der Waals surface area contributed by atoms with Gasteiger partial charge in [0.15, 0.2) is 0 Å². The van der Waals surface area contributed by atoms with Gasteiger partial charge >= 0.3 is 7.82 Å². The molecule has 0 aliphatic heterocycles. The van der Waals surface area contributed by atoms with Crippen LogP contribution in [0.25, 0.3) is 0 Å². The van der Waals surface area contributed by atoms with E-state index < -0.39 is 19.8 Å². The highest BCUT2D eigenvalue weighted by Crippen LogP contribution is 2.37. The molecule has 2 unspecified atom stereocenters. The van der Waals surface area contributed by atoms with E-state index in [1.54, 1.807) is 37.4 Å². The van der Waals surface area contributed by atoms with Crippen LogP contribution >= 0.6 is 7.82 Å². The molecule has 0 aliphatic carbocycles. The van der Waals surface area contributed by atoms with Gasteiger partial charge in [0.05, 0.1) is 5.56 Å². The van der Waals surface area contributed by atoms with E-state index in [9.17, 15) is 14.2 Å². The standard InChI is InChI=1S/C22H30N3O6P/c1-14(2)12-15(3)24-22(27)20(25-21(26)19-6-5-11-23-16(19)4)13-17-7-9-18(10-8-17)31-32(28,29)30/h5-11,14-15,20H,12-13H2,1-4H3,(H,24,27)(H,25,26)(H2,28,29,30). The number of aromatic nitrogens is 1. The Hall–Kier alpha value is -2.74. The highest BCUT2D eigenvalue weighted by atomic mass is 31.2. The van der Waals surface area contributed by atoms with Crippen LogP contribution in [-0.4, -0.2) is 38.7 Å². The molecule has 10 heteroatoms. The zero-order valence-corrected chi connectivity index (χ0v) is 19.5. The monoisotopic (exact) mass is 463 g/mol. The highest BCUT2D eigenvalue weighted by Gasteiger charge is 2.24. The summed E-state index contributed by atoms with van der Waals surface area (Å²) in [7, 11) is -4.66. The summed E-state index contributed by atoms with van der Waals surface area (Å²) in [5.74, 6) is -0.320. The quantitative estimate of drug-likeness (QED) is 0.398. The third-order valence-corrected chi connectivity index (χ3v) is 5.12. The average Bonchev–Trinajstić information content (AvgIpc) is 2.67. The van der Waals surface area contributed by atoms with E-state index in [2.05, 4.69) is 34.0 Å². The van der Waals surface area contributed by atoms with Crippen molar-refractivity contribution in [1.82, 2.24) is 15.6 Å². The molecule has 1 heterocycles. The number of carbonyl (C=O) groups excluding carboxylic acids is 2. The molecular weight excluding hydrogens is 433 g/mol. The predicted octanol–water partition coefficient (Wildman–Crippen LogP) is 2.75. The first-order valence-electron chi connectivity index (χ1n) is 10.3. The minimum Gasteiger partial charge on any atom is -0.404 e. The number of aryl methyl sites for hydroxylation is 1. The van der Waals surface area contributed by atoms with Gasteiger partial charge in [0.25, 0.3) is 5.91 Å². The Bertz CT molecular complexity index is 974. The van der Waals surface area contributed by atoms with E-state index in [4.69, 9.17) is 9.79 Å². The van der Waals surface area contributed by atoms with E-state index in [1.807, 2.05) is 6.92 Å². The van der Waals surface area contributed by atoms with Crippen molar-refractivity contribution in [3.05, 3.63) is 59.4 Å². The molecular formula is C22H30N3O6P. The predicted molar refractivity (Wildman–Crippen MR) is 120 cm³/mol. The van der Waals surface area contributed by atoms with Crippen molar-refractivity contribution in [3.63, 3.8) is 0 Å². The maximum atomic E-state index is 13.0. The molecule has 4 N–H and O–H groups in total. The van der Waals surface area contributed by atoms with Gasteiger partial charge in [0.1, 0.15) is 11.8 Å². The van der Waals surface area contributed by atoms with Crippen molar-refractivity contribution in [1.29, 1.82) is 0 Å². The van der Waals surface area contributed by atoms with Gasteiger partial charge < -0.3 is 15.2 Å². The lowest BCUT2D eigenvalue weighted by Gasteiger charge is -2.23. The van der Waals surface area contributed by atoms with Gasteiger partial charge in [-0.15, -0.1) is 0 Å². The summed E-state index contributed by atoms with van der Waals surface area (Å²) in [5, 5.41) is 5.74. The van der Waals surface area contributed by atoms with Gasteiger partial charge in [-0.05, 0) is 56.0 Å². The Labute approximate surface area is 187 Å². The summed E-state index contributed by atoms with van der Waals surface area (Å²) in [4.78, 5) is 47.7. The highest BCUT2D eigenvalue weighted by molar-refractivity contribution is 7.46. The van der Waals surface area contributed by atoms with Crippen LogP contribution in [0.5, 0.6) is 5.75 Å². The number of hydrogen-bond donors (Lipinski definition) is 4. The molecule has 2 atom stereocenters. The van der Waals surface area contributed by atoms with Crippen LogP contribution in [0.4, 0.5) is 0 Å². The zero-order chi connectivity index (χ0) is 23.9. The molecule has 2 aromatic rings. The van der Waals surface area contributed by atoms with Gasteiger partial charge in [0.2, 0.25) is 5.91 Å². The SMILES string of the molecule is Cc1ncccc1C(=O)NC(Cc1ccc(OP(=O)(O)O)cc1)C(=O)NC(C)CC(C)C. The van der Waals surface area contributed by atoms with E-state index in [1.165, 1.54) is 12.1 Å². The number of rotatable bonds is 10. The maximum absolute atomic E-state index is 13.0. The van der Waals surface area contributed by atoms with Crippen LogP contribution < -0.4 is 15.2 Å². The van der Waals surface area contributed by atoms with Gasteiger partial charge in [-0.2, -0.15) is 0 Å². The molecule has 174 valence electrons. The summed E-state index contributed by atoms with van der Waals surface area (Å²) < 4.78 is 15.5. The fourth-order valence-electron chi connectivity index (χ4n) is 3.34. The molecule has 0 radical (unpaired) electrons. The van der Waals surface area contributed by atoms with Crippen LogP contribution in [-0.2, 0) is 15.8 Å². The van der Waals surface area contributed by atoms with E-state index in [0.29, 0.717) is 22.7 Å². The van der Waals surface area contributed by atoms with Crippen LogP contribution in [0.2, 0.25) is 0 Å². The number of nitrogens with zero attached hydrogens (tertiary/aromatic N) is 1. The molecule has 2 amide bonds. The molecule has 1 aromatic carbocycles. The maximum Gasteiger partial charge on any atom is 0.524 e. The van der Waals surface area contributed by atoms with E-state index >= 15 is 0 Å². The van der Waals surface area contributed by atoms with Gasteiger partial charge in [-0.1, -0.05) is 26.0 Å². The van der Waals surface area contributed by atoms with Crippen molar-refractivity contribution in [2.75, 3.05) is 0 Å². The summed E-state index contributed by atoms with van der Waals surface area (Å²) in [6.45, 7) is 7.76. The van der Waals surface area contributed by atoms with Crippen LogP contribution in [0, 0.1) is 12.8 Å². The number of phosphoric ester groups is 1. The lowest BCUT2D eigenvalue weighted by atomic mass is 10.0. The number of benzene rings is 1. The molecule has 0 bridgehead atoms. The average molecular weight is 463 g/mol. The molecule has 2 rings (SSSR count). The number of amides is 2. The minimum absolute atomic E-state index is 0.00339. The topological polar surface area (TPSA) is 138 Å². The zero-order valence-electron chi connectivity index (χ0n) is 18.6.